The first-order valence-corrected chi connectivity index (χ1v) is 6.10. The van der Waals surface area contributed by atoms with E-state index in [0.29, 0.717) is 18.1 Å². The third kappa shape index (κ3) is 2.37. The van der Waals surface area contributed by atoms with Crippen molar-refractivity contribution >= 4 is 18.1 Å². The van der Waals surface area contributed by atoms with E-state index < -0.39 is 0 Å². The van der Waals surface area contributed by atoms with Gasteiger partial charge in [0.15, 0.2) is 11.5 Å². The van der Waals surface area contributed by atoms with Crippen LogP contribution in [0.1, 0.15) is 29.7 Å². The summed E-state index contributed by atoms with van der Waals surface area (Å²) < 4.78 is 6.99. The molecule has 1 aromatic rings. The second-order valence-corrected chi connectivity index (χ2v) is 4.38. The molecule has 1 aliphatic heterocycles. The standard InChI is InChI=1S/C12H18N4O2/c1-4-18-12(17)10-11(13-8-15(2)3)14-9-6-5-7-16(9)10/h8H,4-7H2,1-3H3/b13-8+. The van der Waals surface area contributed by atoms with E-state index in [1.807, 2.05) is 18.7 Å². The molecule has 6 heteroatoms. The van der Waals surface area contributed by atoms with Crippen molar-refractivity contribution in [2.75, 3.05) is 20.7 Å². The van der Waals surface area contributed by atoms with Gasteiger partial charge in [-0.1, -0.05) is 0 Å². The molecule has 6 nitrogen and oxygen atoms in total. The van der Waals surface area contributed by atoms with Crippen molar-refractivity contribution in [3.05, 3.63) is 11.5 Å². The molecule has 0 saturated heterocycles. The summed E-state index contributed by atoms with van der Waals surface area (Å²) in [4.78, 5) is 22.4. The van der Waals surface area contributed by atoms with Gasteiger partial charge in [0.1, 0.15) is 5.82 Å². The van der Waals surface area contributed by atoms with Crippen LogP contribution < -0.4 is 0 Å². The molecule has 1 aromatic heterocycles. The topological polar surface area (TPSA) is 59.7 Å². The van der Waals surface area contributed by atoms with Gasteiger partial charge in [0.2, 0.25) is 0 Å². The van der Waals surface area contributed by atoms with E-state index in [2.05, 4.69) is 9.98 Å². The Kier molecular flexibility index (Phi) is 3.64. The highest BCUT2D eigenvalue weighted by atomic mass is 16.5. The first-order chi connectivity index (χ1) is 8.63. The zero-order valence-corrected chi connectivity index (χ0v) is 11.0. The first kappa shape index (κ1) is 12.6. The third-order valence-electron chi connectivity index (χ3n) is 2.69. The number of aliphatic imine (C=N–C) groups is 1. The van der Waals surface area contributed by atoms with Crippen LogP contribution in [-0.4, -0.2) is 47.5 Å². The van der Waals surface area contributed by atoms with Crippen molar-refractivity contribution < 1.29 is 9.53 Å². The number of hydrogen-bond donors (Lipinski definition) is 0. The molecule has 0 saturated carbocycles. The monoisotopic (exact) mass is 250 g/mol. The maximum atomic E-state index is 12.0. The van der Waals surface area contributed by atoms with Crippen LogP contribution in [0.15, 0.2) is 4.99 Å². The highest BCUT2D eigenvalue weighted by molar-refractivity contribution is 5.93. The number of hydrogen-bond acceptors (Lipinski definition) is 4. The zero-order valence-electron chi connectivity index (χ0n) is 11.0. The lowest BCUT2D eigenvalue weighted by Crippen LogP contribution is -2.12. The van der Waals surface area contributed by atoms with Gasteiger partial charge in [-0.05, 0) is 13.3 Å². The van der Waals surface area contributed by atoms with E-state index >= 15 is 0 Å². The van der Waals surface area contributed by atoms with Crippen LogP contribution in [0.2, 0.25) is 0 Å². The van der Waals surface area contributed by atoms with Crippen molar-refractivity contribution in [1.29, 1.82) is 0 Å². The number of aromatic nitrogens is 2. The fraction of sp³-hybridized carbons (Fsp3) is 0.583. The first-order valence-electron chi connectivity index (χ1n) is 6.10. The number of esters is 1. The summed E-state index contributed by atoms with van der Waals surface area (Å²) in [6.07, 6.45) is 3.55. The van der Waals surface area contributed by atoms with E-state index in [0.717, 1.165) is 25.2 Å². The van der Waals surface area contributed by atoms with Gasteiger partial charge in [-0.25, -0.2) is 14.8 Å². The molecule has 0 aliphatic carbocycles. The summed E-state index contributed by atoms with van der Waals surface area (Å²) in [7, 11) is 3.74. The number of carbonyl (C=O) groups is 1. The summed E-state index contributed by atoms with van der Waals surface area (Å²) in [5, 5.41) is 0. The van der Waals surface area contributed by atoms with Gasteiger partial charge < -0.3 is 14.2 Å². The van der Waals surface area contributed by atoms with E-state index in [9.17, 15) is 4.79 Å². The Bertz CT molecular complexity index is 477. The number of aryl methyl sites for hydroxylation is 1. The van der Waals surface area contributed by atoms with Gasteiger partial charge in [-0.2, -0.15) is 0 Å². The van der Waals surface area contributed by atoms with Crippen molar-refractivity contribution in [3.63, 3.8) is 0 Å². The summed E-state index contributed by atoms with van der Waals surface area (Å²) >= 11 is 0. The third-order valence-corrected chi connectivity index (χ3v) is 2.69. The molecule has 0 amide bonds. The molecule has 18 heavy (non-hydrogen) atoms. The van der Waals surface area contributed by atoms with Crippen LogP contribution in [0, 0.1) is 0 Å². The number of ether oxygens (including phenoxy) is 1. The van der Waals surface area contributed by atoms with Crippen molar-refractivity contribution in [2.24, 2.45) is 4.99 Å². The molecule has 98 valence electrons. The minimum Gasteiger partial charge on any atom is -0.461 e. The van der Waals surface area contributed by atoms with Gasteiger partial charge in [-0.3, -0.25) is 0 Å². The molecule has 0 spiro atoms. The number of nitrogens with zero attached hydrogens (tertiary/aromatic N) is 4. The predicted octanol–water partition coefficient (Wildman–Crippen LogP) is 1.23. The summed E-state index contributed by atoms with van der Waals surface area (Å²) in [5.74, 6) is 1.03. The maximum absolute atomic E-state index is 12.0. The van der Waals surface area contributed by atoms with Crippen LogP contribution in [0.5, 0.6) is 0 Å². The lowest BCUT2D eigenvalue weighted by atomic mass is 10.3. The average Bonchev–Trinajstić information content (AvgIpc) is 2.85. The minimum absolute atomic E-state index is 0.343. The maximum Gasteiger partial charge on any atom is 0.358 e. The smallest absolute Gasteiger partial charge is 0.358 e. The molecule has 0 fully saturated rings. The summed E-state index contributed by atoms with van der Waals surface area (Å²) in [5.41, 5.74) is 0.474. The zero-order chi connectivity index (χ0) is 13.1. The molecule has 2 rings (SSSR count). The molecular weight excluding hydrogens is 232 g/mol. The van der Waals surface area contributed by atoms with Crippen LogP contribution in [0.3, 0.4) is 0 Å². The minimum atomic E-state index is -0.343. The normalized spacial score (nSPS) is 13.9. The molecule has 1 aliphatic rings. The van der Waals surface area contributed by atoms with Gasteiger partial charge in [0.25, 0.3) is 0 Å². The largest absolute Gasteiger partial charge is 0.461 e. The van der Waals surface area contributed by atoms with Crippen molar-refractivity contribution in [3.8, 4) is 0 Å². The number of fused-ring (bicyclic) bond motifs is 1. The highest BCUT2D eigenvalue weighted by Crippen LogP contribution is 2.26. The Morgan fingerprint density at radius 1 is 1.61 bits per heavy atom. The quantitative estimate of drug-likeness (QED) is 0.458. The van der Waals surface area contributed by atoms with Crippen molar-refractivity contribution in [2.45, 2.75) is 26.3 Å². The SMILES string of the molecule is CCOC(=O)c1c(/N=C/N(C)C)nc2n1CCC2. The van der Waals surface area contributed by atoms with Crippen LogP contribution in [-0.2, 0) is 17.7 Å². The van der Waals surface area contributed by atoms with Crippen LogP contribution in [0.4, 0.5) is 5.82 Å². The Labute approximate surface area is 106 Å². The fourth-order valence-corrected chi connectivity index (χ4v) is 1.97. The van der Waals surface area contributed by atoms with E-state index in [4.69, 9.17) is 4.74 Å². The molecule has 2 heterocycles. The van der Waals surface area contributed by atoms with Crippen LogP contribution >= 0.6 is 0 Å². The number of carbonyl (C=O) groups excluding carboxylic acids is 1. The van der Waals surface area contributed by atoms with Gasteiger partial charge in [0.05, 0.1) is 12.9 Å². The lowest BCUT2D eigenvalue weighted by molar-refractivity contribution is 0.0515. The number of imidazole rings is 1. The molecule has 0 radical (unpaired) electrons. The average molecular weight is 250 g/mol. The van der Waals surface area contributed by atoms with E-state index in [-0.39, 0.29) is 5.97 Å². The second-order valence-electron chi connectivity index (χ2n) is 4.38. The van der Waals surface area contributed by atoms with E-state index in [1.54, 1.807) is 18.2 Å². The van der Waals surface area contributed by atoms with Gasteiger partial charge in [0, 0.05) is 27.1 Å². The Morgan fingerprint density at radius 3 is 3.06 bits per heavy atom. The Balaban J connectivity index is 2.37. The molecule has 0 atom stereocenters. The Hall–Kier alpha value is -1.85. The van der Waals surface area contributed by atoms with Crippen LogP contribution in [0.25, 0.3) is 0 Å². The molecule has 0 aromatic carbocycles. The fourth-order valence-electron chi connectivity index (χ4n) is 1.97. The predicted molar refractivity (Wildman–Crippen MR) is 68.3 cm³/mol. The second kappa shape index (κ2) is 5.20. The molecule has 0 unspecified atom stereocenters. The summed E-state index contributed by atoms with van der Waals surface area (Å²) in [6.45, 7) is 2.96. The summed E-state index contributed by atoms with van der Waals surface area (Å²) in [6, 6.07) is 0. The van der Waals surface area contributed by atoms with Gasteiger partial charge in [-0.15, -0.1) is 0 Å². The highest BCUT2D eigenvalue weighted by Gasteiger charge is 2.26. The van der Waals surface area contributed by atoms with E-state index in [1.165, 1.54) is 0 Å². The Morgan fingerprint density at radius 2 is 2.39 bits per heavy atom. The molecule has 0 bridgehead atoms. The lowest BCUT2D eigenvalue weighted by Gasteiger charge is -2.05. The number of rotatable bonds is 4. The molecular formula is C12H18N4O2. The van der Waals surface area contributed by atoms with Gasteiger partial charge >= 0.3 is 5.97 Å². The molecule has 0 N–H and O–H groups in total. The van der Waals surface area contributed by atoms with Crippen molar-refractivity contribution in [1.82, 2.24) is 14.5 Å².